The van der Waals surface area contributed by atoms with Gasteiger partial charge in [-0.25, -0.2) is 4.98 Å². The van der Waals surface area contributed by atoms with E-state index in [0.29, 0.717) is 37.1 Å². The number of hydrazine groups is 1. The molecule has 5 atom stereocenters. The number of nitrogens with one attached hydrogen (secondary N) is 8. The molecular formula is C57H75N11O12S. The van der Waals surface area contributed by atoms with E-state index in [4.69, 9.17) is 4.74 Å². The molecule has 0 radical (unpaired) electrons. The van der Waals surface area contributed by atoms with Crippen molar-refractivity contribution in [3.63, 3.8) is 0 Å². The monoisotopic (exact) mass is 1140 g/mol. The SMILES string of the molecule is CC(=O)N1CCC[C@H]1C(=O)N[C@@H](CC(C)C)C(=O)NCC(=O)N[C@@H](CCc1ccccc1)C(=O)N[C@@H](Cc1ccc(OC(C)(C)C)cc1)C(=O)N[C@@H](CC(C)C)C(=O)NNC(=O)c1ccc(NN=Cc2ccccc2S(=O)(=O)O)nc1. The number of carbonyl (C=O) groups is 8. The molecule has 0 saturated carbocycles. The number of hydrogen-bond acceptors (Lipinski definition) is 14. The molecule has 1 saturated heterocycles. The number of rotatable bonds is 26. The van der Waals surface area contributed by atoms with Gasteiger partial charge in [0.2, 0.25) is 35.4 Å². The van der Waals surface area contributed by atoms with Crippen molar-refractivity contribution in [1.82, 2.24) is 47.3 Å². The van der Waals surface area contributed by atoms with E-state index in [9.17, 15) is 51.3 Å². The van der Waals surface area contributed by atoms with E-state index in [2.05, 4.69) is 52.9 Å². The van der Waals surface area contributed by atoms with Gasteiger partial charge in [-0.3, -0.25) is 59.2 Å². The number of aromatic nitrogens is 1. The van der Waals surface area contributed by atoms with Crippen molar-refractivity contribution in [2.24, 2.45) is 16.9 Å². The zero-order valence-corrected chi connectivity index (χ0v) is 47.7. The number of aryl methyl sites for hydroxylation is 1. The lowest BCUT2D eigenvalue weighted by atomic mass is 10.00. The van der Waals surface area contributed by atoms with Crippen molar-refractivity contribution in [3.05, 3.63) is 119 Å². The summed E-state index contributed by atoms with van der Waals surface area (Å²) in [5, 5.41) is 17.6. The van der Waals surface area contributed by atoms with Crippen LogP contribution in [-0.4, -0.2) is 125 Å². The molecule has 0 unspecified atom stereocenters. The fourth-order valence-corrected chi connectivity index (χ4v) is 9.42. The molecule has 2 heterocycles. The Morgan fingerprint density at radius 3 is 1.99 bits per heavy atom. The number of likely N-dealkylation sites (tertiary alicyclic amines) is 1. The van der Waals surface area contributed by atoms with Crippen LogP contribution in [-0.2, 0) is 56.5 Å². The number of amides is 8. The molecule has 8 amide bonds. The Kier molecular flexibility index (Phi) is 23.4. The predicted octanol–water partition coefficient (Wildman–Crippen LogP) is 3.75. The molecule has 1 aromatic heterocycles. The topological polar surface area (TPSA) is 325 Å². The number of hydrogen-bond donors (Lipinski definition) is 9. The minimum absolute atomic E-state index is 0.0191. The van der Waals surface area contributed by atoms with Crippen LogP contribution in [0.1, 0.15) is 115 Å². The molecular weight excluding hydrogens is 1060 g/mol. The maximum absolute atomic E-state index is 14.5. The molecule has 81 heavy (non-hydrogen) atoms. The summed E-state index contributed by atoms with van der Waals surface area (Å²) in [5.74, 6) is -4.60. The number of benzene rings is 3. The lowest BCUT2D eigenvalue weighted by Crippen LogP contribution is -2.59. The molecule has 0 aliphatic carbocycles. The van der Waals surface area contributed by atoms with Crippen LogP contribution in [0.15, 0.2) is 107 Å². The van der Waals surface area contributed by atoms with Crippen molar-refractivity contribution < 1.29 is 56.1 Å². The highest BCUT2D eigenvalue weighted by molar-refractivity contribution is 7.86. The molecule has 3 aromatic carbocycles. The van der Waals surface area contributed by atoms with Gasteiger partial charge >= 0.3 is 0 Å². The number of hydrazone groups is 1. The van der Waals surface area contributed by atoms with E-state index in [1.807, 2.05) is 78.8 Å². The van der Waals surface area contributed by atoms with Crippen LogP contribution in [0.5, 0.6) is 5.75 Å². The van der Waals surface area contributed by atoms with Crippen LogP contribution >= 0.6 is 0 Å². The van der Waals surface area contributed by atoms with Gasteiger partial charge in [-0.15, -0.1) is 0 Å². The minimum Gasteiger partial charge on any atom is -0.488 e. The Morgan fingerprint density at radius 2 is 1.37 bits per heavy atom. The molecule has 436 valence electrons. The normalized spacial score (nSPS) is 15.0. The van der Waals surface area contributed by atoms with Gasteiger partial charge in [-0.1, -0.05) is 88.4 Å². The first-order valence-electron chi connectivity index (χ1n) is 26.7. The molecule has 0 bridgehead atoms. The van der Waals surface area contributed by atoms with Crippen LogP contribution in [0, 0.1) is 11.8 Å². The number of anilines is 1. The quantitative estimate of drug-likeness (QED) is 0.0246. The van der Waals surface area contributed by atoms with Crippen LogP contribution in [0.4, 0.5) is 5.82 Å². The second-order valence-electron chi connectivity index (χ2n) is 21.5. The highest BCUT2D eigenvalue weighted by Crippen LogP contribution is 2.21. The van der Waals surface area contributed by atoms with Gasteiger partial charge in [0.1, 0.15) is 52.3 Å². The van der Waals surface area contributed by atoms with Crippen molar-refractivity contribution in [2.75, 3.05) is 18.5 Å². The Morgan fingerprint density at radius 1 is 0.741 bits per heavy atom. The van der Waals surface area contributed by atoms with Crippen molar-refractivity contribution >= 4 is 69.4 Å². The number of carbonyl (C=O) groups excluding carboxylic acids is 8. The molecule has 23 nitrogen and oxygen atoms in total. The van der Waals surface area contributed by atoms with E-state index in [0.717, 1.165) is 5.56 Å². The Hall–Kier alpha value is -8.25. The number of pyridine rings is 1. The smallest absolute Gasteiger partial charge is 0.295 e. The minimum atomic E-state index is -4.51. The van der Waals surface area contributed by atoms with Crippen LogP contribution < -0.4 is 47.6 Å². The third-order valence-corrected chi connectivity index (χ3v) is 13.5. The Balaban J connectivity index is 1.30. The third kappa shape index (κ3) is 21.1. The highest BCUT2D eigenvalue weighted by atomic mass is 32.2. The average molecular weight is 1140 g/mol. The summed E-state index contributed by atoms with van der Waals surface area (Å²) in [7, 11) is -4.51. The van der Waals surface area contributed by atoms with Gasteiger partial charge < -0.3 is 36.2 Å². The second kappa shape index (κ2) is 29.8. The molecule has 5 rings (SSSR count). The van der Waals surface area contributed by atoms with Crippen molar-refractivity contribution in [1.29, 1.82) is 0 Å². The van der Waals surface area contributed by atoms with Crippen LogP contribution in [0.25, 0.3) is 0 Å². The molecule has 24 heteroatoms. The fourth-order valence-electron chi connectivity index (χ4n) is 8.75. The highest BCUT2D eigenvalue weighted by Gasteiger charge is 2.35. The summed E-state index contributed by atoms with van der Waals surface area (Å²) < 4.78 is 38.9. The number of ether oxygens (including phenoxy) is 1. The zero-order valence-electron chi connectivity index (χ0n) is 46.9. The lowest BCUT2D eigenvalue weighted by molar-refractivity contribution is -0.138. The van der Waals surface area contributed by atoms with E-state index in [-0.39, 0.29) is 65.3 Å². The molecule has 1 fully saturated rings. The Bertz CT molecular complexity index is 2970. The molecule has 1 aliphatic rings. The lowest BCUT2D eigenvalue weighted by Gasteiger charge is -2.27. The first-order valence-corrected chi connectivity index (χ1v) is 28.2. The van der Waals surface area contributed by atoms with Crippen molar-refractivity contribution in [2.45, 2.75) is 141 Å². The summed E-state index contributed by atoms with van der Waals surface area (Å²) >= 11 is 0. The molecule has 1 aliphatic heterocycles. The largest absolute Gasteiger partial charge is 0.488 e. The van der Waals surface area contributed by atoms with Crippen LogP contribution in [0.3, 0.4) is 0 Å². The van der Waals surface area contributed by atoms with E-state index >= 15 is 0 Å². The van der Waals surface area contributed by atoms with Gasteiger partial charge in [0.05, 0.1) is 18.3 Å². The molecule has 4 aromatic rings. The second-order valence-corrected chi connectivity index (χ2v) is 22.9. The predicted molar refractivity (Wildman–Crippen MR) is 303 cm³/mol. The van der Waals surface area contributed by atoms with Gasteiger partial charge in [0.15, 0.2) is 0 Å². The summed E-state index contributed by atoms with van der Waals surface area (Å²) in [5.41, 5.74) is 8.38. The zero-order chi connectivity index (χ0) is 59.4. The van der Waals surface area contributed by atoms with Crippen LogP contribution in [0.2, 0.25) is 0 Å². The van der Waals surface area contributed by atoms with Gasteiger partial charge in [0.25, 0.3) is 21.9 Å². The average Bonchev–Trinajstić information content (AvgIpc) is 3.92. The number of nitrogens with zero attached hydrogens (tertiary/aromatic N) is 3. The first kappa shape index (κ1) is 63.6. The Labute approximate surface area is 472 Å². The molecule has 9 N–H and O–H groups in total. The summed E-state index contributed by atoms with van der Waals surface area (Å²) in [6.45, 7) is 14.3. The van der Waals surface area contributed by atoms with Gasteiger partial charge in [-0.2, -0.15) is 13.5 Å². The molecule has 0 spiro atoms. The van der Waals surface area contributed by atoms with Gasteiger partial charge in [0, 0.05) is 31.6 Å². The fraction of sp³-hybridized carbons (Fsp3) is 0.439. The van der Waals surface area contributed by atoms with Gasteiger partial charge in [-0.05, 0) is 113 Å². The summed E-state index contributed by atoms with van der Waals surface area (Å²) in [6.07, 6.45) is 4.10. The standard InChI is InChI=1S/C57H75N11O12S/c1-35(2)29-44(64-56(76)47-18-14-28-68(47)37(5)69)52(72)59-34-50(70)61-43(26-22-38-15-10-9-11-16-38)53(73)63-46(31-39-20-24-42(25-21-39)80-57(6,7)8)54(74)62-45(30-36(3)4)55(75)67-66-51(71)41-23-27-49(58-32-41)65-60-33-40-17-12-13-19-48(40)81(77,78)79/h9-13,15-17,19-21,23-25,27,32-33,35-36,43-47H,14,18,22,26,28-31,34H2,1-8H3,(H,58,65)(H,59,72)(H,61,70)(H,62,74)(H,63,73)(H,64,76)(H,66,71)(H,67,75)(H,77,78,79)/t43-,44-,45-,46-,47-/m0/s1. The van der Waals surface area contributed by atoms with Crippen molar-refractivity contribution in [3.8, 4) is 5.75 Å². The van der Waals surface area contributed by atoms with E-state index < -0.39 is 93.8 Å². The summed E-state index contributed by atoms with van der Waals surface area (Å²) in [6, 6.07) is 19.0. The third-order valence-electron chi connectivity index (χ3n) is 12.6. The first-order chi connectivity index (χ1) is 38.3. The van der Waals surface area contributed by atoms with E-state index in [1.165, 1.54) is 54.6 Å². The van der Waals surface area contributed by atoms with E-state index in [1.54, 1.807) is 30.3 Å². The maximum Gasteiger partial charge on any atom is 0.295 e. The summed E-state index contributed by atoms with van der Waals surface area (Å²) in [4.78, 5) is 114. The maximum atomic E-state index is 14.5.